The van der Waals surface area contributed by atoms with Gasteiger partial charge in [0.25, 0.3) is 0 Å². The number of rotatable bonds is 7. The molecule has 1 heterocycles. The van der Waals surface area contributed by atoms with Crippen LogP contribution in [0.5, 0.6) is 5.75 Å². The van der Waals surface area contributed by atoms with Crippen LogP contribution < -0.4 is 10.1 Å². The van der Waals surface area contributed by atoms with Gasteiger partial charge in [-0.3, -0.25) is 4.79 Å². The Balaban J connectivity index is 1.52. The Morgan fingerprint density at radius 3 is 2.42 bits per heavy atom. The summed E-state index contributed by atoms with van der Waals surface area (Å²) in [4.78, 5) is 23.9. The standard InChI is InChI=1S/C24H26N2O5/c1-24(2,3)20-14-21(26-31-20)25-22(27)13-16-8-10-19(11-9-16)30-15-17-6-5-7-18(12-17)23(28)29-4/h5-12,14H,13,15H2,1-4H3,(H,25,26,27). The number of ether oxygens (including phenoxy) is 2. The van der Waals surface area contributed by atoms with Crippen molar-refractivity contribution in [2.24, 2.45) is 0 Å². The van der Waals surface area contributed by atoms with Crippen LogP contribution in [0.15, 0.2) is 59.1 Å². The molecule has 3 aromatic rings. The van der Waals surface area contributed by atoms with Gasteiger partial charge in [0, 0.05) is 11.5 Å². The van der Waals surface area contributed by atoms with E-state index in [4.69, 9.17) is 14.0 Å². The van der Waals surface area contributed by atoms with E-state index in [1.165, 1.54) is 7.11 Å². The van der Waals surface area contributed by atoms with Crippen molar-refractivity contribution in [3.05, 3.63) is 77.0 Å². The number of esters is 1. The van der Waals surface area contributed by atoms with Gasteiger partial charge in [0.05, 0.1) is 19.1 Å². The summed E-state index contributed by atoms with van der Waals surface area (Å²) in [6.45, 7) is 6.35. The lowest BCUT2D eigenvalue weighted by Gasteiger charge is -2.12. The molecule has 0 aliphatic carbocycles. The van der Waals surface area contributed by atoms with Crippen molar-refractivity contribution in [2.75, 3.05) is 12.4 Å². The summed E-state index contributed by atoms with van der Waals surface area (Å²) in [5.41, 5.74) is 2.00. The lowest BCUT2D eigenvalue weighted by atomic mass is 9.93. The summed E-state index contributed by atoms with van der Waals surface area (Å²) in [7, 11) is 1.35. The summed E-state index contributed by atoms with van der Waals surface area (Å²) in [5.74, 6) is 1.22. The highest BCUT2D eigenvalue weighted by Gasteiger charge is 2.20. The smallest absolute Gasteiger partial charge is 0.337 e. The van der Waals surface area contributed by atoms with Gasteiger partial charge < -0.3 is 19.3 Å². The molecule has 1 amide bonds. The van der Waals surface area contributed by atoms with Gasteiger partial charge in [-0.15, -0.1) is 0 Å². The lowest BCUT2D eigenvalue weighted by molar-refractivity contribution is -0.115. The van der Waals surface area contributed by atoms with Crippen molar-refractivity contribution in [1.82, 2.24) is 5.16 Å². The van der Waals surface area contributed by atoms with E-state index in [1.807, 2.05) is 39.0 Å². The number of methoxy groups -OCH3 is 1. The third-order valence-corrected chi connectivity index (χ3v) is 4.56. The van der Waals surface area contributed by atoms with Gasteiger partial charge in [0.15, 0.2) is 5.82 Å². The average molecular weight is 422 g/mol. The van der Waals surface area contributed by atoms with E-state index < -0.39 is 0 Å². The molecule has 7 nitrogen and oxygen atoms in total. The van der Waals surface area contributed by atoms with Crippen molar-refractivity contribution in [3.8, 4) is 5.75 Å². The van der Waals surface area contributed by atoms with Gasteiger partial charge in [-0.25, -0.2) is 4.79 Å². The lowest BCUT2D eigenvalue weighted by Crippen LogP contribution is -2.14. The number of aromatic nitrogens is 1. The summed E-state index contributed by atoms with van der Waals surface area (Å²) in [6, 6.07) is 16.1. The molecule has 0 bridgehead atoms. The molecule has 0 aliphatic heterocycles. The van der Waals surface area contributed by atoms with Crippen LogP contribution in [0, 0.1) is 0 Å². The number of benzene rings is 2. The molecular formula is C24H26N2O5. The second kappa shape index (κ2) is 9.47. The zero-order valence-corrected chi connectivity index (χ0v) is 18.1. The molecule has 1 aromatic heterocycles. The van der Waals surface area contributed by atoms with Crippen LogP contribution in [0.3, 0.4) is 0 Å². The molecule has 0 saturated heterocycles. The molecule has 3 rings (SSSR count). The molecule has 0 saturated carbocycles. The molecule has 31 heavy (non-hydrogen) atoms. The second-order valence-corrected chi connectivity index (χ2v) is 8.18. The Morgan fingerprint density at radius 1 is 1.03 bits per heavy atom. The average Bonchev–Trinajstić information content (AvgIpc) is 3.22. The SMILES string of the molecule is COC(=O)c1cccc(COc2ccc(CC(=O)Nc3cc(C(C)(C)C)on3)cc2)c1. The first-order valence-corrected chi connectivity index (χ1v) is 9.90. The van der Waals surface area contributed by atoms with Crippen LogP contribution in [0.2, 0.25) is 0 Å². The number of hydrogen-bond donors (Lipinski definition) is 1. The fourth-order valence-electron chi connectivity index (χ4n) is 2.84. The molecule has 7 heteroatoms. The maximum absolute atomic E-state index is 12.3. The van der Waals surface area contributed by atoms with Crippen LogP contribution in [0.25, 0.3) is 0 Å². The molecule has 1 N–H and O–H groups in total. The number of carbonyl (C=O) groups excluding carboxylic acids is 2. The summed E-state index contributed by atoms with van der Waals surface area (Å²) >= 11 is 0. The van der Waals surface area contributed by atoms with Crippen molar-refractivity contribution in [2.45, 2.75) is 39.2 Å². The Hall–Kier alpha value is -3.61. The second-order valence-electron chi connectivity index (χ2n) is 8.18. The maximum atomic E-state index is 12.3. The maximum Gasteiger partial charge on any atom is 0.337 e. The van der Waals surface area contributed by atoms with Crippen LogP contribution in [-0.2, 0) is 28.0 Å². The number of carbonyl (C=O) groups is 2. The van der Waals surface area contributed by atoms with Crippen LogP contribution in [0.1, 0.15) is 48.0 Å². The third kappa shape index (κ3) is 6.18. The van der Waals surface area contributed by atoms with E-state index >= 15 is 0 Å². The molecule has 0 atom stereocenters. The largest absolute Gasteiger partial charge is 0.489 e. The van der Waals surface area contributed by atoms with Gasteiger partial charge in [0.1, 0.15) is 18.1 Å². The monoisotopic (exact) mass is 422 g/mol. The van der Waals surface area contributed by atoms with E-state index in [-0.39, 0.29) is 23.7 Å². The van der Waals surface area contributed by atoms with Gasteiger partial charge >= 0.3 is 5.97 Å². The molecule has 0 unspecified atom stereocenters. The fourth-order valence-corrected chi connectivity index (χ4v) is 2.84. The van der Waals surface area contributed by atoms with E-state index in [2.05, 4.69) is 10.5 Å². The Labute approximate surface area is 181 Å². The van der Waals surface area contributed by atoms with E-state index in [9.17, 15) is 9.59 Å². The minimum Gasteiger partial charge on any atom is -0.489 e. The quantitative estimate of drug-likeness (QED) is 0.563. The third-order valence-electron chi connectivity index (χ3n) is 4.56. The Bertz CT molecular complexity index is 1050. The molecule has 2 aromatic carbocycles. The first kappa shape index (κ1) is 22.1. The van der Waals surface area contributed by atoms with Gasteiger partial charge in [-0.1, -0.05) is 50.2 Å². The van der Waals surface area contributed by atoms with Gasteiger partial charge in [-0.2, -0.15) is 0 Å². The number of anilines is 1. The Kier molecular flexibility index (Phi) is 6.74. The van der Waals surface area contributed by atoms with E-state index in [1.54, 1.807) is 36.4 Å². The topological polar surface area (TPSA) is 90.7 Å². The number of nitrogens with zero attached hydrogens (tertiary/aromatic N) is 1. The van der Waals surface area contributed by atoms with Crippen molar-refractivity contribution in [1.29, 1.82) is 0 Å². The number of hydrogen-bond acceptors (Lipinski definition) is 6. The zero-order chi connectivity index (χ0) is 22.4. The predicted molar refractivity (Wildman–Crippen MR) is 116 cm³/mol. The van der Waals surface area contributed by atoms with E-state index in [0.717, 1.165) is 11.1 Å². The fraction of sp³-hybridized carbons (Fsp3) is 0.292. The van der Waals surface area contributed by atoms with Crippen LogP contribution in [-0.4, -0.2) is 24.1 Å². The molecule has 162 valence electrons. The normalized spacial score (nSPS) is 11.1. The highest BCUT2D eigenvalue weighted by Crippen LogP contribution is 2.24. The van der Waals surface area contributed by atoms with Crippen LogP contribution >= 0.6 is 0 Å². The minimum atomic E-state index is -0.385. The molecule has 0 aliphatic rings. The summed E-state index contributed by atoms with van der Waals surface area (Å²) in [6.07, 6.45) is 0.208. The summed E-state index contributed by atoms with van der Waals surface area (Å²) in [5, 5.41) is 6.65. The highest BCUT2D eigenvalue weighted by molar-refractivity contribution is 5.91. The van der Waals surface area contributed by atoms with Crippen LogP contribution in [0.4, 0.5) is 5.82 Å². The molecule has 0 radical (unpaired) electrons. The molecular weight excluding hydrogens is 396 g/mol. The van der Waals surface area contributed by atoms with Crippen molar-refractivity contribution >= 4 is 17.7 Å². The van der Waals surface area contributed by atoms with E-state index in [0.29, 0.717) is 29.5 Å². The van der Waals surface area contributed by atoms with Crippen molar-refractivity contribution < 1.29 is 23.6 Å². The van der Waals surface area contributed by atoms with Crippen molar-refractivity contribution in [3.63, 3.8) is 0 Å². The summed E-state index contributed by atoms with van der Waals surface area (Å²) < 4.78 is 15.8. The first-order valence-electron chi connectivity index (χ1n) is 9.90. The highest BCUT2D eigenvalue weighted by atomic mass is 16.5. The zero-order valence-electron chi connectivity index (χ0n) is 18.1. The predicted octanol–water partition coefficient (Wildman–Crippen LogP) is 4.52. The van der Waals surface area contributed by atoms with Gasteiger partial charge in [-0.05, 0) is 35.4 Å². The molecule has 0 spiro atoms. The number of amides is 1. The van der Waals surface area contributed by atoms with Gasteiger partial charge in [0.2, 0.25) is 5.91 Å². The number of nitrogens with one attached hydrogen (secondary N) is 1. The first-order chi connectivity index (χ1) is 14.7. The minimum absolute atomic E-state index is 0.174. The molecule has 0 fully saturated rings. The Morgan fingerprint density at radius 2 is 1.77 bits per heavy atom.